The summed E-state index contributed by atoms with van der Waals surface area (Å²) in [6.45, 7) is 2.50. The van der Waals surface area contributed by atoms with Gasteiger partial charge in [0.1, 0.15) is 22.9 Å². The van der Waals surface area contributed by atoms with Crippen molar-refractivity contribution >= 4 is 17.1 Å². The number of aromatic nitrogens is 4. The van der Waals surface area contributed by atoms with Crippen LogP contribution in [0.15, 0.2) is 24.5 Å². The number of hydrogen-bond acceptors (Lipinski definition) is 5. The van der Waals surface area contributed by atoms with Crippen molar-refractivity contribution in [2.75, 3.05) is 11.9 Å². The topological polar surface area (TPSA) is 75.7 Å². The highest BCUT2D eigenvalue weighted by Gasteiger charge is 2.13. The Morgan fingerprint density at radius 3 is 2.67 bits per heavy atom. The number of anilines is 1. The molecule has 0 spiro atoms. The summed E-state index contributed by atoms with van der Waals surface area (Å²) in [7, 11) is 0. The van der Waals surface area contributed by atoms with Crippen LogP contribution in [0, 0.1) is 11.6 Å². The molecule has 2 N–H and O–H groups in total. The van der Waals surface area contributed by atoms with Crippen molar-refractivity contribution < 1.29 is 13.5 Å². The van der Waals surface area contributed by atoms with Gasteiger partial charge in [-0.2, -0.15) is 9.97 Å². The molecule has 0 aliphatic carbocycles. The number of imidazole rings is 1. The molecular formula is C13H11F2N5O. The fraction of sp³-hybridized carbons (Fsp3) is 0.154. The van der Waals surface area contributed by atoms with Gasteiger partial charge < -0.3 is 15.0 Å². The maximum atomic E-state index is 13.2. The Bertz CT molecular complexity index is 769. The van der Waals surface area contributed by atoms with E-state index in [1.165, 1.54) is 6.33 Å². The molecule has 0 aliphatic rings. The molecule has 0 bridgehead atoms. The number of benzene rings is 1. The number of halogens is 2. The van der Waals surface area contributed by atoms with E-state index >= 15 is 0 Å². The smallest absolute Gasteiger partial charge is 0.250 e. The molecule has 8 heteroatoms. The second kappa shape index (κ2) is 5.31. The fourth-order valence-electron chi connectivity index (χ4n) is 1.82. The SMILES string of the molecule is CCNc1nc(Oc2cc(F)cc(F)c2)c2[nH]cnc2n1. The van der Waals surface area contributed by atoms with Crippen molar-refractivity contribution in [3.05, 3.63) is 36.2 Å². The van der Waals surface area contributed by atoms with Crippen LogP contribution in [-0.2, 0) is 0 Å². The summed E-state index contributed by atoms with van der Waals surface area (Å²) in [6.07, 6.45) is 1.44. The first kappa shape index (κ1) is 13.2. The van der Waals surface area contributed by atoms with Gasteiger partial charge in [0.15, 0.2) is 5.65 Å². The molecule has 2 heterocycles. The largest absolute Gasteiger partial charge is 0.437 e. The van der Waals surface area contributed by atoms with E-state index in [4.69, 9.17) is 4.74 Å². The normalized spacial score (nSPS) is 10.8. The highest BCUT2D eigenvalue weighted by atomic mass is 19.1. The quantitative estimate of drug-likeness (QED) is 0.773. The van der Waals surface area contributed by atoms with Crippen LogP contribution in [-0.4, -0.2) is 26.5 Å². The van der Waals surface area contributed by atoms with Crippen LogP contribution in [0.4, 0.5) is 14.7 Å². The Kier molecular flexibility index (Phi) is 3.35. The Labute approximate surface area is 118 Å². The number of fused-ring (bicyclic) bond motifs is 1. The average molecular weight is 291 g/mol. The Morgan fingerprint density at radius 1 is 1.19 bits per heavy atom. The molecule has 108 valence electrons. The highest BCUT2D eigenvalue weighted by molar-refractivity contribution is 5.77. The van der Waals surface area contributed by atoms with Gasteiger partial charge in [0, 0.05) is 24.7 Å². The molecule has 0 unspecified atom stereocenters. The average Bonchev–Trinajstić information content (AvgIpc) is 2.86. The zero-order valence-corrected chi connectivity index (χ0v) is 11.0. The predicted molar refractivity (Wildman–Crippen MR) is 72.3 cm³/mol. The van der Waals surface area contributed by atoms with Gasteiger partial charge in [-0.25, -0.2) is 13.8 Å². The number of H-pyrrole nitrogens is 1. The zero-order chi connectivity index (χ0) is 14.8. The lowest BCUT2D eigenvalue weighted by Crippen LogP contribution is -2.03. The van der Waals surface area contributed by atoms with Crippen molar-refractivity contribution in [3.8, 4) is 11.6 Å². The molecule has 2 aromatic heterocycles. The van der Waals surface area contributed by atoms with Gasteiger partial charge in [0.2, 0.25) is 5.95 Å². The van der Waals surface area contributed by atoms with Crippen molar-refractivity contribution in [2.24, 2.45) is 0 Å². The van der Waals surface area contributed by atoms with Gasteiger partial charge in [-0.15, -0.1) is 0 Å². The number of hydrogen-bond donors (Lipinski definition) is 2. The molecule has 3 rings (SSSR count). The summed E-state index contributed by atoms with van der Waals surface area (Å²) in [5.41, 5.74) is 0.842. The van der Waals surface area contributed by atoms with Crippen LogP contribution in [0.3, 0.4) is 0 Å². The van der Waals surface area contributed by atoms with E-state index in [0.717, 1.165) is 18.2 Å². The lowest BCUT2D eigenvalue weighted by molar-refractivity contribution is 0.456. The minimum Gasteiger partial charge on any atom is -0.437 e. The molecule has 0 saturated heterocycles. The van der Waals surface area contributed by atoms with Gasteiger partial charge >= 0.3 is 0 Å². The van der Waals surface area contributed by atoms with Crippen LogP contribution >= 0.6 is 0 Å². The standard InChI is InChI=1S/C13H11F2N5O/c1-2-16-13-19-11-10(17-6-18-11)12(20-13)21-9-4-7(14)3-8(15)5-9/h3-6H,2H2,1H3,(H2,16,17,18,19,20). The van der Waals surface area contributed by atoms with Gasteiger partial charge in [0.25, 0.3) is 5.88 Å². The number of aromatic amines is 1. The molecule has 6 nitrogen and oxygen atoms in total. The van der Waals surface area contributed by atoms with E-state index in [9.17, 15) is 8.78 Å². The van der Waals surface area contributed by atoms with Crippen molar-refractivity contribution in [1.82, 2.24) is 19.9 Å². The minimum absolute atomic E-state index is 0.00421. The van der Waals surface area contributed by atoms with Crippen molar-refractivity contribution in [3.63, 3.8) is 0 Å². The van der Waals surface area contributed by atoms with E-state index in [-0.39, 0.29) is 11.6 Å². The molecule has 21 heavy (non-hydrogen) atoms. The third-order valence-electron chi connectivity index (χ3n) is 2.64. The molecule has 0 aliphatic heterocycles. The first-order valence-electron chi connectivity index (χ1n) is 6.24. The summed E-state index contributed by atoms with van der Waals surface area (Å²) in [5, 5.41) is 2.93. The first-order chi connectivity index (χ1) is 10.2. The van der Waals surface area contributed by atoms with E-state index in [1.807, 2.05) is 6.92 Å². The molecule has 0 radical (unpaired) electrons. The summed E-state index contributed by atoms with van der Waals surface area (Å²) in [4.78, 5) is 15.2. The maximum absolute atomic E-state index is 13.2. The molecular weight excluding hydrogens is 280 g/mol. The third kappa shape index (κ3) is 2.73. The highest BCUT2D eigenvalue weighted by Crippen LogP contribution is 2.27. The first-order valence-corrected chi connectivity index (χ1v) is 6.24. The summed E-state index contributed by atoms with van der Waals surface area (Å²) in [5.74, 6) is -0.995. The van der Waals surface area contributed by atoms with Gasteiger partial charge in [-0.05, 0) is 6.92 Å². The Morgan fingerprint density at radius 2 is 1.95 bits per heavy atom. The summed E-state index contributed by atoms with van der Waals surface area (Å²) in [6, 6.07) is 2.91. The molecule has 0 fully saturated rings. The summed E-state index contributed by atoms with van der Waals surface area (Å²) >= 11 is 0. The van der Waals surface area contributed by atoms with Crippen molar-refractivity contribution in [2.45, 2.75) is 6.92 Å². The fourth-order valence-corrected chi connectivity index (χ4v) is 1.82. The third-order valence-corrected chi connectivity index (χ3v) is 2.64. The number of rotatable bonds is 4. The van der Waals surface area contributed by atoms with Gasteiger partial charge in [-0.1, -0.05) is 0 Å². The van der Waals surface area contributed by atoms with Gasteiger partial charge in [-0.3, -0.25) is 0 Å². The van der Waals surface area contributed by atoms with E-state index in [2.05, 4.69) is 25.3 Å². The van der Waals surface area contributed by atoms with Crippen LogP contribution < -0.4 is 10.1 Å². The van der Waals surface area contributed by atoms with Crippen LogP contribution in [0.1, 0.15) is 6.92 Å². The molecule has 1 aromatic carbocycles. The van der Waals surface area contributed by atoms with E-state index in [0.29, 0.717) is 23.7 Å². The predicted octanol–water partition coefficient (Wildman–Crippen LogP) is 2.86. The molecule has 0 atom stereocenters. The monoisotopic (exact) mass is 291 g/mol. The lowest BCUT2D eigenvalue weighted by Gasteiger charge is -2.08. The number of ether oxygens (including phenoxy) is 1. The second-order valence-corrected chi connectivity index (χ2v) is 4.19. The van der Waals surface area contributed by atoms with Crippen LogP contribution in [0.2, 0.25) is 0 Å². The molecule has 3 aromatic rings. The van der Waals surface area contributed by atoms with Crippen molar-refractivity contribution in [1.29, 1.82) is 0 Å². The summed E-state index contributed by atoms with van der Waals surface area (Å²) < 4.78 is 31.9. The van der Waals surface area contributed by atoms with E-state index < -0.39 is 11.6 Å². The molecule has 0 saturated carbocycles. The lowest BCUT2D eigenvalue weighted by atomic mass is 10.3. The molecule has 0 amide bonds. The van der Waals surface area contributed by atoms with Gasteiger partial charge in [0.05, 0.1) is 6.33 Å². The zero-order valence-electron chi connectivity index (χ0n) is 11.0. The Balaban J connectivity index is 2.04. The minimum atomic E-state index is -0.730. The second-order valence-electron chi connectivity index (χ2n) is 4.19. The Hall–Kier alpha value is -2.77. The number of nitrogens with one attached hydrogen (secondary N) is 2. The van der Waals surface area contributed by atoms with Crippen LogP contribution in [0.25, 0.3) is 11.2 Å². The van der Waals surface area contributed by atoms with Crippen LogP contribution in [0.5, 0.6) is 11.6 Å². The number of nitrogens with zero attached hydrogens (tertiary/aromatic N) is 3. The maximum Gasteiger partial charge on any atom is 0.250 e. The van der Waals surface area contributed by atoms with E-state index in [1.54, 1.807) is 0 Å².